The molecular weight excluding hydrogens is 304 g/mol. The number of rotatable bonds is 6. The predicted octanol–water partition coefficient (Wildman–Crippen LogP) is 1.67. The first-order chi connectivity index (χ1) is 10.4. The molecule has 0 N–H and O–H groups in total. The summed E-state index contributed by atoms with van der Waals surface area (Å²) in [5.41, 5.74) is 1.31. The first kappa shape index (κ1) is 15.2. The highest BCUT2D eigenvalue weighted by atomic mass is 32.2. The second-order valence-electron chi connectivity index (χ2n) is 5.84. The third kappa shape index (κ3) is 3.06. The Labute approximate surface area is 129 Å². The summed E-state index contributed by atoms with van der Waals surface area (Å²) in [5, 5.41) is 8.17. The highest BCUT2D eigenvalue weighted by Crippen LogP contribution is 2.38. The van der Waals surface area contributed by atoms with Gasteiger partial charge in [-0.1, -0.05) is 12.1 Å². The molecule has 1 aliphatic rings. The molecule has 2 aromatic heterocycles. The quantitative estimate of drug-likeness (QED) is 0.802. The van der Waals surface area contributed by atoms with Gasteiger partial charge in [-0.15, -0.1) is 0 Å². The lowest BCUT2D eigenvalue weighted by Gasteiger charge is -2.04. The highest BCUT2D eigenvalue weighted by molar-refractivity contribution is 7.89. The number of nitrogens with zero attached hydrogens (tertiary/aromatic N) is 4. The van der Waals surface area contributed by atoms with Gasteiger partial charge in [0.25, 0.3) is 0 Å². The molecule has 8 heteroatoms. The van der Waals surface area contributed by atoms with Crippen molar-refractivity contribution in [3.63, 3.8) is 0 Å². The van der Waals surface area contributed by atoms with E-state index >= 15 is 0 Å². The van der Waals surface area contributed by atoms with Crippen LogP contribution in [0.1, 0.15) is 54.3 Å². The molecule has 22 heavy (non-hydrogen) atoms. The summed E-state index contributed by atoms with van der Waals surface area (Å²) < 4.78 is 31.7. The van der Waals surface area contributed by atoms with Crippen molar-refractivity contribution in [1.29, 1.82) is 0 Å². The Kier molecular flexibility index (Phi) is 3.80. The second-order valence-corrected chi connectivity index (χ2v) is 7.90. The van der Waals surface area contributed by atoms with Crippen LogP contribution in [0.25, 0.3) is 0 Å². The van der Waals surface area contributed by atoms with Crippen molar-refractivity contribution in [2.45, 2.75) is 50.5 Å². The van der Waals surface area contributed by atoms with Gasteiger partial charge in [-0.25, -0.2) is 13.4 Å². The first-order valence-electron chi connectivity index (χ1n) is 7.44. The van der Waals surface area contributed by atoms with E-state index in [4.69, 9.17) is 4.52 Å². The monoisotopic (exact) mass is 324 g/mol. The number of aryl methyl sites for hydroxylation is 3. The Bertz CT molecular complexity index is 787. The number of sulfone groups is 1. The Morgan fingerprint density at radius 1 is 1.32 bits per heavy atom. The van der Waals surface area contributed by atoms with Crippen LogP contribution in [0.15, 0.2) is 4.52 Å². The maximum Gasteiger partial charge on any atom is 0.161 e. The fourth-order valence-electron chi connectivity index (χ4n) is 2.44. The molecule has 1 fully saturated rings. The number of aromatic nitrogens is 4. The van der Waals surface area contributed by atoms with Gasteiger partial charge in [-0.05, 0) is 19.8 Å². The van der Waals surface area contributed by atoms with Crippen molar-refractivity contribution in [2.75, 3.05) is 0 Å². The van der Waals surface area contributed by atoms with Crippen LogP contribution in [0, 0.1) is 6.92 Å². The van der Waals surface area contributed by atoms with Crippen molar-refractivity contribution >= 4 is 9.84 Å². The lowest BCUT2D eigenvalue weighted by atomic mass is 10.2. The summed E-state index contributed by atoms with van der Waals surface area (Å²) >= 11 is 0. The molecule has 0 bridgehead atoms. The second kappa shape index (κ2) is 5.49. The molecule has 0 amide bonds. The Morgan fingerprint density at radius 3 is 2.68 bits per heavy atom. The summed E-state index contributed by atoms with van der Waals surface area (Å²) in [6, 6.07) is 0. The van der Waals surface area contributed by atoms with E-state index in [1.54, 1.807) is 18.7 Å². The van der Waals surface area contributed by atoms with E-state index in [0.29, 0.717) is 35.2 Å². The van der Waals surface area contributed by atoms with Crippen LogP contribution in [0.3, 0.4) is 0 Å². The van der Waals surface area contributed by atoms with E-state index in [1.807, 2.05) is 6.92 Å². The normalized spacial score (nSPS) is 15.4. The lowest BCUT2D eigenvalue weighted by molar-refractivity contribution is 0.382. The zero-order chi connectivity index (χ0) is 15.9. The maximum atomic E-state index is 12.5. The van der Waals surface area contributed by atoms with Gasteiger partial charge in [0.1, 0.15) is 17.3 Å². The Morgan fingerprint density at radius 2 is 2.05 bits per heavy atom. The average Bonchev–Trinajstić information content (AvgIpc) is 3.16. The maximum absolute atomic E-state index is 12.5. The molecule has 0 saturated heterocycles. The zero-order valence-corrected chi connectivity index (χ0v) is 13.9. The minimum atomic E-state index is -3.35. The van der Waals surface area contributed by atoms with Crippen LogP contribution < -0.4 is 0 Å². The minimum Gasteiger partial charge on any atom is -0.361 e. The van der Waals surface area contributed by atoms with Gasteiger partial charge < -0.3 is 4.52 Å². The molecule has 0 aromatic carbocycles. The van der Waals surface area contributed by atoms with Crippen LogP contribution in [-0.4, -0.2) is 28.3 Å². The molecule has 2 aromatic rings. The van der Waals surface area contributed by atoms with Crippen molar-refractivity contribution in [3.8, 4) is 0 Å². The molecule has 0 atom stereocenters. The topological polar surface area (TPSA) is 90.9 Å². The summed E-state index contributed by atoms with van der Waals surface area (Å²) in [6.07, 6.45) is 2.81. The van der Waals surface area contributed by atoms with Gasteiger partial charge in [0, 0.05) is 24.9 Å². The third-order valence-corrected chi connectivity index (χ3v) is 5.34. The lowest BCUT2D eigenvalue weighted by Crippen LogP contribution is -2.12. The summed E-state index contributed by atoms with van der Waals surface area (Å²) in [4.78, 5) is 4.38. The van der Waals surface area contributed by atoms with Crippen LogP contribution in [0.4, 0.5) is 0 Å². The Hall–Kier alpha value is -1.70. The summed E-state index contributed by atoms with van der Waals surface area (Å²) in [5.74, 6) is 2.12. The van der Waals surface area contributed by atoms with E-state index in [9.17, 15) is 8.42 Å². The van der Waals surface area contributed by atoms with Crippen molar-refractivity contribution in [1.82, 2.24) is 19.9 Å². The van der Waals surface area contributed by atoms with E-state index in [0.717, 1.165) is 18.7 Å². The van der Waals surface area contributed by atoms with Gasteiger partial charge in [-0.2, -0.15) is 5.10 Å². The molecule has 0 spiro atoms. The molecule has 0 radical (unpaired) electrons. The first-order valence-corrected chi connectivity index (χ1v) is 9.26. The SMILES string of the molecule is CCc1onc(C)c1CS(=O)(=O)Cc1nc(C2CC2)nn1C. The smallest absolute Gasteiger partial charge is 0.161 e. The predicted molar refractivity (Wildman–Crippen MR) is 79.9 cm³/mol. The van der Waals surface area contributed by atoms with Crippen LogP contribution in [0.5, 0.6) is 0 Å². The van der Waals surface area contributed by atoms with Gasteiger partial charge in [0.15, 0.2) is 15.7 Å². The molecule has 2 heterocycles. The number of hydrogen-bond acceptors (Lipinski definition) is 6. The standard InChI is InChI=1S/C14H20N4O3S/c1-4-12-11(9(2)17-21-12)7-22(19,20)8-13-15-14(10-5-6-10)16-18(13)3/h10H,4-8H2,1-3H3. The molecule has 1 saturated carbocycles. The van der Waals surface area contributed by atoms with E-state index < -0.39 is 9.84 Å². The summed E-state index contributed by atoms with van der Waals surface area (Å²) in [6.45, 7) is 3.68. The molecule has 1 aliphatic carbocycles. The average molecular weight is 324 g/mol. The molecule has 0 aliphatic heterocycles. The van der Waals surface area contributed by atoms with Crippen LogP contribution in [0.2, 0.25) is 0 Å². The summed E-state index contributed by atoms with van der Waals surface area (Å²) in [7, 11) is -1.61. The van der Waals surface area contributed by atoms with E-state index in [-0.39, 0.29) is 11.5 Å². The van der Waals surface area contributed by atoms with Crippen molar-refractivity contribution < 1.29 is 12.9 Å². The van der Waals surface area contributed by atoms with E-state index in [1.165, 1.54) is 0 Å². The largest absolute Gasteiger partial charge is 0.361 e. The van der Waals surface area contributed by atoms with Crippen molar-refractivity contribution in [3.05, 3.63) is 28.7 Å². The van der Waals surface area contributed by atoms with Gasteiger partial charge in [0.05, 0.1) is 11.4 Å². The minimum absolute atomic E-state index is 0.0723. The van der Waals surface area contributed by atoms with Gasteiger partial charge in [-0.3, -0.25) is 4.68 Å². The van der Waals surface area contributed by atoms with E-state index in [2.05, 4.69) is 15.2 Å². The molecule has 0 unspecified atom stereocenters. The van der Waals surface area contributed by atoms with Gasteiger partial charge >= 0.3 is 0 Å². The highest BCUT2D eigenvalue weighted by Gasteiger charge is 2.29. The van der Waals surface area contributed by atoms with Crippen LogP contribution >= 0.6 is 0 Å². The Balaban J connectivity index is 1.80. The molecule has 3 rings (SSSR count). The molecule has 7 nitrogen and oxygen atoms in total. The molecule has 120 valence electrons. The van der Waals surface area contributed by atoms with Gasteiger partial charge in [0.2, 0.25) is 0 Å². The zero-order valence-electron chi connectivity index (χ0n) is 13.0. The number of hydrogen-bond donors (Lipinski definition) is 0. The molecular formula is C14H20N4O3S. The fraction of sp³-hybridized carbons (Fsp3) is 0.643. The van der Waals surface area contributed by atoms with Crippen LogP contribution in [-0.2, 0) is 34.8 Å². The van der Waals surface area contributed by atoms with Crippen molar-refractivity contribution in [2.24, 2.45) is 7.05 Å². The fourth-order valence-corrected chi connectivity index (χ4v) is 4.00. The third-order valence-electron chi connectivity index (χ3n) is 3.91.